The first-order chi connectivity index (χ1) is 3.68. The standard InChI is InChI=1S/F3H3N4O/c1-4-7(8,5-2)6-3/h4-6H. The Bertz CT molecular complexity index is 54.0. The largest absolute Gasteiger partial charge is 0.565 e. The molecule has 0 radical (unpaired) electrons. The van der Waals surface area contributed by atoms with Gasteiger partial charge in [-0.3, -0.25) is 0 Å². The second kappa shape index (κ2) is 2.79. The smallest absolute Gasteiger partial charge is 0.0460 e. The normalized spacial score (nSPS) is 12.0. The van der Waals surface area contributed by atoms with Crippen LogP contribution in [0.5, 0.6) is 0 Å². The molecule has 0 aromatic rings. The zero-order valence-corrected chi connectivity index (χ0v) is 3.49. The summed E-state index contributed by atoms with van der Waals surface area (Å²) < 4.78 is 32.5. The summed E-state index contributed by atoms with van der Waals surface area (Å²) in [5, 5.41) is 9.69. The van der Waals surface area contributed by atoms with Gasteiger partial charge >= 0.3 is 0 Å². The summed E-state index contributed by atoms with van der Waals surface area (Å²) in [6, 6.07) is 0. The van der Waals surface area contributed by atoms with Gasteiger partial charge in [0, 0.05) is 16.9 Å². The molecule has 0 saturated carbocycles. The van der Waals surface area contributed by atoms with Crippen molar-refractivity contribution in [1.29, 1.82) is 0 Å². The summed E-state index contributed by atoms with van der Waals surface area (Å²) in [5.74, 6) is 0. The summed E-state index contributed by atoms with van der Waals surface area (Å²) in [4.78, 5) is -2.79. The van der Waals surface area contributed by atoms with Gasteiger partial charge in [-0.05, 0) is 4.97 Å². The fraction of sp³-hybridized carbons (Fsp3) is 0. The van der Waals surface area contributed by atoms with E-state index in [0.29, 0.717) is 0 Å². The second-order valence-electron chi connectivity index (χ2n) is 0.863. The topological polar surface area (TPSA) is 59.1 Å². The SMILES string of the molecule is [O-][N+](NF)(NF)NF. The number of quaternary nitrogens is 1. The van der Waals surface area contributed by atoms with E-state index in [2.05, 4.69) is 0 Å². The predicted octanol–water partition coefficient (Wildman–Crippen LogP) is -0.532. The molecule has 0 fully saturated rings. The minimum absolute atomic E-state index is 0.188. The van der Waals surface area contributed by atoms with Crippen molar-refractivity contribution in [2.24, 2.45) is 0 Å². The van der Waals surface area contributed by atoms with Gasteiger partial charge in [0.2, 0.25) is 0 Å². The molecule has 0 atom stereocenters. The molecule has 0 heterocycles. The fourth-order valence-corrected chi connectivity index (χ4v) is 0.0479. The molecule has 0 unspecified atom stereocenters. The van der Waals surface area contributed by atoms with Crippen molar-refractivity contribution < 1.29 is 18.4 Å². The first-order valence-corrected chi connectivity index (χ1v) is 1.42. The van der Waals surface area contributed by atoms with E-state index in [-0.39, 0.29) is 16.9 Å². The van der Waals surface area contributed by atoms with Crippen molar-refractivity contribution in [3.63, 3.8) is 0 Å². The zero-order chi connectivity index (χ0) is 6.62. The fourth-order valence-electron chi connectivity index (χ4n) is 0.0479. The first kappa shape index (κ1) is 7.59. The van der Waals surface area contributed by atoms with Gasteiger partial charge in [0.1, 0.15) is 0 Å². The molecule has 0 spiro atoms. The highest BCUT2D eigenvalue weighted by molar-refractivity contribution is 3.98. The summed E-state index contributed by atoms with van der Waals surface area (Å²) in [7, 11) is 0. The zero-order valence-electron chi connectivity index (χ0n) is 3.49. The van der Waals surface area contributed by atoms with E-state index in [0.717, 1.165) is 0 Å². The van der Waals surface area contributed by atoms with Crippen LogP contribution in [0, 0.1) is 5.21 Å². The van der Waals surface area contributed by atoms with Crippen LogP contribution in [0.1, 0.15) is 0 Å². The third-order valence-electron chi connectivity index (χ3n) is 0.357. The van der Waals surface area contributed by atoms with Crippen LogP contribution < -0.4 is 16.9 Å². The number of nitrogens with one attached hydrogen (secondary N) is 3. The molecule has 8 heavy (non-hydrogen) atoms. The molecule has 0 amide bonds. The predicted molar refractivity (Wildman–Crippen MR) is 16.4 cm³/mol. The molecular weight excluding hydrogens is 129 g/mol. The third-order valence-corrected chi connectivity index (χ3v) is 0.357. The maximum Gasteiger partial charge on any atom is 0.0460 e. The number of hydrogen-bond acceptors (Lipinski definition) is 4. The molecule has 0 bridgehead atoms. The minimum atomic E-state index is -2.79. The number of rotatable bonds is 3. The van der Waals surface area contributed by atoms with E-state index in [4.69, 9.17) is 0 Å². The van der Waals surface area contributed by atoms with Crippen LogP contribution in [0.15, 0.2) is 0 Å². The lowest BCUT2D eigenvalue weighted by Crippen LogP contribution is -2.62. The van der Waals surface area contributed by atoms with Crippen molar-refractivity contribution in [3.05, 3.63) is 5.21 Å². The Hall–Kier alpha value is -0.410. The maximum atomic E-state index is 10.8. The van der Waals surface area contributed by atoms with Gasteiger partial charge in [-0.15, -0.1) is 0 Å². The molecule has 0 saturated heterocycles. The van der Waals surface area contributed by atoms with Gasteiger partial charge in [-0.2, -0.15) is 0 Å². The van der Waals surface area contributed by atoms with Crippen molar-refractivity contribution >= 4 is 0 Å². The van der Waals surface area contributed by atoms with Crippen molar-refractivity contribution in [2.75, 3.05) is 0 Å². The van der Waals surface area contributed by atoms with Gasteiger partial charge < -0.3 is 5.21 Å². The van der Waals surface area contributed by atoms with Crippen LogP contribution in [0.2, 0.25) is 0 Å². The highest BCUT2D eigenvalue weighted by Crippen LogP contribution is 1.84. The molecule has 0 aromatic heterocycles. The van der Waals surface area contributed by atoms with E-state index < -0.39 is 4.97 Å². The maximum absolute atomic E-state index is 10.8. The minimum Gasteiger partial charge on any atom is -0.565 e. The molecule has 0 aromatic carbocycles. The first-order valence-electron chi connectivity index (χ1n) is 1.42. The number of hydrogen-bond donors (Lipinski definition) is 3. The average Bonchev–Trinajstić information content (AvgIpc) is 1.87. The van der Waals surface area contributed by atoms with Crippen LogP contribution in [0.25, 0.3) is 0 Å². The van der Waals surface area contributed by atoms with Gasteiger partial charge in [-0.25, -0.2) is 0 Å². The van der Waals surface area contributed by atoms with Crippen LogP contribution in [-0.2, 0) is 0 Å². The summed E-state index contributed by atoms with van der Waals surface area (Å²) in [6.07, 6.45) is 0. The monoisotopic (exact) mass is 132 g/mol. The molecule has 5 nitrogen and oxygen atoms in total. The van der Waals surface area contributed by atoms with E-state index in [1.807, 2.05) is 0 Å². The molecule has 3 N–H and O–H groups in total. The Morgan fingerprint density at radius 2 is 1.25 bits per heavy atom. The van der Waals surface area contributed by atoms with E-state index in [1.54, 1.807) is 0 Å². The molecule has 50 valence electrons. The van der Waals surface area contributed by atoms with Gasteiger partial charge in [0.05, 0.1) is 0 Å². The van der Waals surface area contributed by atoms with Crippen molar-refractivity contribution in [3.8, 4) is 0 Å². The summed E-state index contributed by atoms with van der Waals surface area (Å²) in [6.45, 7) is 0. The molecule has 8 heteroatoms. The van der Waals surface area contributed by atoms with Crippen LogP contribution in [0.4, 0.5) is 13.4 Å². The number of nitrogens with zero attached hydrogens (tertiary/aromatic N) is 1. The Kier molecular flexibility index (Phi) is 2.65. The van der Waals surface area contributed by atoms with Gasteiger partial charge in [0.15, 0.2) is 0 Å². The molecule has 0 aliphatic heterocycles. The Morgan fingerprint density at radius 1 is 1.00 bits per heavy atom. The van der Waals surface area contributed by atoms with Crippen LogP contribution in [-0.4, -0.2) is 4.97 Å². The van der Waals surface area contributed by atoms with Gasteiger partial charge in [0.25, 0.3) is 0 Å². The molecule has 0 rings (SSSR count). The summed E-state index contributed by atoms with van der Waals surface area (Å²) >= 11 is 0. The lowest BCUT2D eigenvalue weighted by Gasteiger charge is -2.26. The average molecular weight is 132 g/mol. The lowest BCUT2D eigenvalue weighted by molar-refractivity contribution is -1.05. The van der Waals surface area contributed by atoms with E-state index in [1.165, 1.54) is 0 Å². The molecule has 0 aliphatic rings. The summed E-state index contributed by atoms with van der Waals surface area (Å²) in [5.41, 5.74) is 0.562. The van der Waals surface area contributed by atoms with Gasteiger partial charge in [-0.1, -0.05) is 13.4 Å². The quantitative estimate of drug-likeness (QED) is 0.274. The number of halogens is 3. The lowest BCUT2D eigenvalue weighted by atomic mass is 12.1. The Balaban J connectivity index is 3.58. The molecular formula is H3F3N4O. The Morgan fingerprint density at radius 3 is 1.25 bits per heavy atom. The van der Waals surface area contributed by atoms with Crippen molar-refractivity contribution in [1.82, 2.24) is 16.9 Å². The highest BCUT2D eigenvalue weighted by atomic mass is 19.2. The highest BCUT2D eigenvalue weighted by Gasteiger charge is 2.15. The van der Waals surface area contributed by atoms with Crippen molar-refractivity contribution in [2.45, 2.75) is 0 Å². The van der Waals surface area contributed by atoms with Crippen LogP contribution in [0.3, 0.4) is 0 Å². The van der Waals surface area contributed by atoms with E-state index >= 15 is 0 Å². The second-order valence-corrected chi connectivity index (χ2v) is 0.863. The van der Waals surface area contributed by atoms with E-state index in [9.17, 15) is 18.7 Å². The van der Waals surface area contributed by atoms with Crippen LogP contribution >= 0.6 is 0 Å². The third kappa shape index (κ3) is 1.60. The molecule has 0 aliphatic carbocycles. The Labute approximate surface area is 42.0 Å².